The molecule has 0 spiro atoms. The summed E-state index contributed by atoms with van der Waals surface area (Å²) in [5.74, 6) is 0. The van der Waals surface area contributed by atoms with Crippen molar-refractivity contribution < 1.29 is 0 Å². The highest BCUT2D eigenvalue weighted by Crippen LogP contribution is 2.52. The summed E-state index contributed by atoms with van der Waals surface area (Å²) in [6.45, 7) is 0. The van der Waals surface area contributed by atoms with Crippen LogP contribution in [0.2, 0.25) is 0 Å². The van der Waals surface area contributed by atoms with Crippen molar-refractivity contribution in [1.29, 1.82) is 0 Å². The zero-order valence-corrected chi connectivity index (χ0v) is 27.6. The van der Waals surface area contributed by atoms with E-state index in [1.165, 1.54) is 104 Å². The third-order valence-corrected chi connectivity index (χ3v) is 13.8. The van der Waals surface area contributed by atoms with Crippen LogP contribution in [0.3, 0.4) is 0 Å². The van der Waals surface area contributed by atoms with Gasteiger partial charge in [0.1, 0.15) is 0 Å². The number of thiophene rings is 2. The van der Waals surface area contributed by atoms with Crippen LogP contribution in [0.1, 0.15) is 0 Å². The molecule has 7 aromatic carbocycles. The lowest BCUT2D eigenvalue weighted by Gasteiger charge is -2.20. The molecule has 0 aliphatic rings. The van der Waals surface area contributed by atoms with Crippen LogP contribution in [-0.4, -0.2) is 0 Å². The Hall–Kier alpha value is -4.58. The van der Waals surface area contributed by atoms with Crippen LogP contribution in [0.5, 0.6) is 0 Å². The van der Waals surface area contributed by atoms with Gasteiger partial charge in [-0.3, -0.25) is 0 Å². The topological polar surface area (TPSA) is 0 Å². The van der Waals surface area contributed by atoms with Gasteiger partial charge in [-0.25, -0.2) is 0 Å². The number of fused-ring (bicyclic) bond motifs is 10. The Labute approximate surface area is 280 Å². The van der Waals surface area contributed by atoms with Gasteiger partial charge in [-0.1, -0.05) is 84.9 Å². The Bertz CT molecular complexity index is 2800. The summed E-state index contributed by atoms with van der Waals surface area (Å²) < 4.78 is 5.42. The third kappa shape index (κ3) is 3.37. The first kappa shape index (κ1) is 25.6. The smallest absolute Gasteiger partial charge is 0.0434 e. The first-order valence-corrected chi connectivity index (χ1v) is 18.8. The van der Waals surface area contributed by atoms with E-state index in [2.05, 4.69) is 132 Å². The van der Waals surface area contributed by atoms with Crippen molar-refractivity contribution in [3.8, 4) is 20.9 Å². The molecule has 0 atom stereocenters. The maximum atomic E-state index is 2.49. The van der Waals surface area contributed by atoms with Crippen LogP contribution in [0.25, 0.3) is 104 Å². The highest BCUT2D eigenvalue weighted by atomic mass is 32.1. The summed E-state index contributed by atoms with van der Waals surface area (Å²) in [5.41, 5.74) is 2.65. The molecule has 214 valence electrons. The standard InChI is InChI=1S/C42H22S4/c1-3-11-25-23(9-1)29(33-17-7-19-43-33)21-31-37-27-13-6-16-36-40(27)38(28-14-5-15-35(39(28)37)45-41(25)31)32-22-30(34-18-8-20-44-34)24-10-2-4-12-26(24)42(32)46-36/h1-22H. The van der Waals surface area contributed by atoms with E-state index < -0.39 is 0 Å². The van der Waals surface area contributed by atoms with Gasteiger partial charge in [-0.2, -0.15) is 0 Å². The molecule has 0 unspecified atom stereocenters. The molecule has 4 heteroatoms. The van der Waals surface area contributed by atoms with E-state index in [4.69, 9.17) is 0 Å². The zero-order chi connectivity index (χ0) is 29.9. The summed E-state index contributed by atoms with van der Waals surface area (Å²) in [7, 11) is 0. The van der Waals surface area contributed by atoms with Crippen LogP contribution in [-0.2, 0) is 0 Å². The van der Waals surface area contributed by atoms with Crippen molar-refractivity contribution in [3.63, 3.8) is 0 Å². The van der Waals surface area contributed by atoms with Gasteiger partial charge < -0.3 is 0 Å². The van der Waals surface area contributed by atoms with Gasteiger partial charge in [0, 0.05) is 82.8 Å². The van der Waals surface area contributed by atoms with Crippen LogP contribution < -0.4 is 0 Å². The van der Waals surface area contributed by atoms with Crippen molar-refractivity contribution >= 4 is 129 Å². The van der Waals surface area contributed by atoms with E-state index in [1.807, 2.05) is 45.3 Å². The molecule has 0 saturated heterocycles. The van der Waals surface area contributed by atoms with Crippen molar-refractivity contribution in [2.24, 2.45) is 0 Å². The molecule has 0 aliphatic heterocycles. The summed E-state index contributed by atoms with van der Waals surface area (Å²) in [4.78, 5) is 2.64. The molecular weight excluding hydrogens is 633 g/mol. The van der Waals surface area contributed by atoms with Crippen LogP contribution in [0, 0.1) is 0 Å². The molecule has 11 aromatic rings. The second-order valence-corrected chi connectivity index (χ2v) is 16.0. The summed E-state index contributed by atoms with van der Waals surface area (Å²) in [5, 5.41) is 20.7. The van der Waals surface area contributed by atoms with Gasteiger partial charge in [0.2, 0.25) is 0 Å². The molecule has 4 heterocycles. The highest BCUT2D eigenvalue weighted by molar-refractivity contribution is 7.27. The van der Waals surface area contributed by atoms with Gasteiger partial charge in [-0.05, 0) is 68.7 Å². The Kier molecular flexibility index (Phi) is 5.27. The van der Waals surface area contributed by atoms with E-state index in [0.29, 0.717) is 0 Å². The summed E-state index contributed by atoms with van der Waals surface area (Å²) in [6, 6.07) is 45.8. The SMILES string of the molecule is c1csc(-c2cc3c(sc4cccc5c4c3c3cccc4sc6c7ccccc7c(-c7cccs7)cc6c5c43)c3ccccc23)c1. The Morgan fingerprint density at radius 3 is 1.20 bits per heavy atom. The molecule has 0 bridgehead atoms. The van der Waals surface area contributed by atoms with Crippen molar-refractivity contribution in [2.75, 3.05) is 0 Å². The molecule has 11 rings (SSSR count). The first-order chi connectivity index (χ1) is 22.8. The fourth-order valence-electron chi connectivity index (χ4n) is 7.77. The highest BCUT2D eigenvalue weighted by Gasteiger charge is 2.22. The van der Waals surface area contributed by atoms with E-state index in [1.54, 1.807) is 0 Å². The van der Waals surface area contributed by atoms with Crippen molar-refractivity contribution in [1.82, 2.24) is 0 Å². The van der Waals surface area contributed by atoms with E-state index in [-0.39, 0.29) is 0 Å². The van der Waals surface area contributed by atoms with Crippen LogP contribution >= 0.6 is 45.3 Å². The minimum absolute atomic E-state index is 1.32. The zero-order valence-electron chi connectivity index (χ0n) is 24.3. The number of benzene rings is 7. The molecule has 46 heavy (non-hydrogen) atoms. The predicted octanol–water partition coefficient (Wildman–Crippen LogP) is 14.5. The van der Waals surface area contributed by atoms with Crippen molar-refractivity contribution in [3.05, 3.63) is 132 Å². The second-order valence-electron chi connectivity index (χ2n) is 12.0. The first-order valence-electron chi connectivity index (χ1n) is 15.4. The number of rotatable bonds is 2. The lowest BCUT2D eigenvalue weighted by Crippen LogP contribution is -1.90. The minimum Gasteiger partial charge on any atom is -0.144 e. The summed E-state index contributed by atoms with van der Waals surface area (Å²) in [6.07, 6.45) is 0. The predicted molar refractivity (Wildman–Crippen MR) is 209 cm³/mol. The van der Waals surface area contributed by atoms with Crippen LogP contribution in [0.15, 0.2) is 132 Å². The molecule has 0 N–H and O–H groups in total. The van der Waals surface area contributed by atoms with Gasteiger partial charge >= 0.3 is 0 Å². The normalized spacial score (nSPS) is 12.3. The lowest BCUT2D eigenvalue weighted by atomic mass is 9.89. The van der Waals surface area contributed by atoms with Crippen LogP contribution in [0.4, 0.5) is 0 Å². The fourth-order valence-corrected chi connectivity index (χ4v) is 11.8. The Balaban J connectivity index is 1.43. The molecule has 4 aromatic heterocycles. The molecule has 0 nitrogen and oxygen atoms in total. The number of hydrogen-bond acceptors (Lipinski definition) is 4. The Morgan fingerprint density at radius 2 is 0.761 bits per heavy atom. The minimum atomic E-state index is 1.32. The van der Waals surface area contributed by atoms with Gasteiger partial charge in [0.15, 0.2) is 0 Å². The molecule has 0 radical (unpaired) electrons. The average Bonchev–Trinajstić information content (AvgIpc) is 3.85. The van der Waals surface area contributed by atoms with E-state index in [0.717, 1.165) is 0 Å². The number of hydrogen-bond donors (Lipinski definition) is 0. The fraction of sp³-hybridized carbons (Fsp3) is 0. The molecular formula is C42H22S4. The third-order valence-electron chi connectivity index (χ3n) is 9.62. The quantitative estimate of drug-likeness (QED) is 0.129. The molecule has 0 aliphatic carbocycles. The summed E-state index contributed by atoms with van der Waals surface area (Å²) >= 11 is 7.54. The lowest BCUT2D eigenvalue weighted by molar-refractivity contribution is 1.79. The second kappa shape index (κ2) is 9.47. The molecule has 0 fully saturated rings. The largest absolute Gasteiger partial charge is 0.144 e. The average molecular weight is 655 g/mol. The van der Waals surface area contributed by atoms with Gasteiger partial charge in [-0.15, -0.1) is 45.3 Å². The molecule has 0 amide bonds. The Morgan fingerprint density at radius 1 is 0.326 bits per heavy atom. The molecule has 0 saturated carbocycles. The maximum absolute atomic E-state index is 2.49. The van der Waals surface area contributed by atoms with E-state index in [9.17, 15) is 0 Å². The maximum Gasteiger partial charge on any atom is 0.0434 e. The van der Waals surface area contributed by atoms with Gasteiger partial charge in [0.25, 0.3) is 0 Å². The van der Waals surface area contributed by atoms with Gasteiger partial charge in [0.05, 0.1) is 0 Å². The van der Waals surface area contributed by atoms with E-state index >= 15 is 0 Å². The monoisotopic (exact) mass is 654 g/mol. The van der Waals surface area contributed by atoms with Crippen molar-refractivity contribution in [2.45, 2.75) is 0 Å².